The Kier molecular flexibility index (Phi) is 4.94. The fourth-order valence-corrected chi connectivity index (χ4v) is 4.20. The van der Waals surface area contributed by atoms with E-state index in [2.05, 4.69) is 4.90 Å². The van der Waals surface area contributed by atoms with Crippen molar-refractivity contribution in [2.24, 2.45) is 0 Å². The number of hydrogen-bond donors (Lipinski definition) is 0. The van der Waals surface area contributed by atoms with Crippen LogP contribution in [-0.4, -0.2) is 56.5 Å². The third-order valence-electron chi connectivity index (χ3n) is 6.01. The Morgan fingerprint density at radius 2 is 1.66 bits per heavy atom. The molecule has 6 heteroatoms. The van der Waals surface area contributed by atoms with Crippen molar-refractivity contribution < 1.29 is 14.3 Å². The van der Waals surface area contributed by atoms with E-state index in [1.54, 1.807) is 12.0 Å². The van der Waals surface area contributed by atoms with Crippen molar-refractivity contribution in [2.45, 2.75) is 19.3 Å². The lowest BCUT2D eigenvalue weighted by atomic mass is 9.86. The average Bonchev–Trinajstić information content (AvgIpc) is 2.95. The first-order valence-corrected chi connectivity index (χ1v) is 10.00. The van der Waals surface area contributed by atoms with Crippen molar-refractivity contribution in [3.63, 3.8) is 0 Å². The number of anilines is 2. The van der Waals surface area contributed by atoms with Crippen molar-refractivity contribution in [3.05, 3.63) is 54.1 Å². The molecule has 1 fully saturated rings. The van der Waals surface area contributed by atoms with Crippen molar-refractivity contribution in [2.75, 3.05) is 49.6 Å². The van der Waals surface area contributed by atoms with Crippen LogP contribution in [0.1, 0.15) is 19.4 Å². The van der Waals surface area contributed by atoms with Crippen LogP contribution in [0.25, 0.3) is 0 Å². The first-order valence-electron chi connectivity index (χ1n) is 10.00. The number of benzene rings is 2. The molecule has 0 spiro atoms. The zero-order valence-corrected chi connectivity index (χ0v) is 17.2. The van der Waals surface area contributed by atoms with E-state index in [4.69, 9.17) is 4.74 Å². The molecule has 0 atom stereocenters. The third kappa shape index (κ3) is 3.43. The maximum Gasteiger partial charge on any atom is 0.242 e. The summed E-state index contributed by atoms with van der Waals surface area (Å²) in [7, 11) is 1.66. The quantitative estimate of drug-likeness (QED) is 0.802. The number of fused-ring (bicyclic) bond motifs is 1. The first-order chi connectivity index (χ1) is 13.9. The van der Waals surface area contributed by atoms with Gasteiger partial charge >= 0.3 is 0 Å². The van der Waals surface area contributed by atoms with Crippen LogP contribution < -0.4 is 14.5 Å². The molecule has 0 aromatic heterocycles. The highest BCUT2D eigenvalue weighted by Crippen LogP contribution is 2.41. The molecule has 2 aliphatic rings. The highest BCUT2D eigenvalue weighted by atomic mass is 16.5. The zero-order chi connectivity index (χ0) is 20.6. The number of rotatable bonds is 4. The molecule has 0 unspecified atom stereocenters. The molecule has 6 nitrogen and oxygen atoms in total. The molecule has 29 heavy (non-hydrogen) atoms. The highest BCUT2D eigenvalue weighted by molar-refractivity contribution is 6.10. The Hall–Kier alpha value is -3.02. The lowest BCUT2D eigenvalue weighted by Gasteiger charge is -2.37. The van der Waals surface area contributed by atoms with Gasteiger partial charge in [0.25, 0.3) is 0 Å². The van der Waals surface area contributed by atoms with Crippen molar-refractivity contribution in [1.82, 2.24) is 4.90 Å². The monoisotopic (exact) mass is 393 g/mol. The fraction of sp³-hybridized carbons (Fsp3) is 0.391. The number of ether oxygens (including phenoxy) is 1. The maximum absolute atomic E-state index is 12.9. The minimum atomic E-state index is -0.593. The number of para-hydroxylation sites is 1. The third-order valence-corrected chi connectivity index (χ3v) is 6.01. The molecule has 2 amide bonds. The first kappa shape index (κ1) is 19.3. The van der Waals surface area contributed by atoms with Gasteiger partial charge in [-0.25, -0.2) is 0 Å². The van der Waals surface area contributed by atoms with Gasteiger partial charge in [0.15, 0.2) is 0 Å². The average molecular weight is 393 g/mol. The fourth-order valence-electron chi connectivity index (χ4n) is 4.20. The lowest BCUT2D eigenvalue weighted by Crippen LogP contribution is -2.52. The Labute approximate surface area is 171 Å². The second-order valence-electron chi connectivity index (χ2n) is 8.10. The van der Waals surface area contributed by atoms with Gasteiger partial charge in [0.2, 0.25) is 11.8 Å². The van der Waals surface area contributed by atoms with Crippen LogP contribution in [0, 0.1) is 0 Å². The molecular weight excluding hydrogens is 366 g/mol. The molecule has 4 rings (SSSR count). The summed E-state index contributed by atoms with van der Waals surface area (Å²) >= 11 is 0. The molecule has 152 valence electrons. The van der Waals surface area contributed by atoms with Crippen LogP contribution in [0.15, 0.2) is 48.5 Å². The van der Waals surface area contributed by atoms with E-state index >= 15 is 0 Å². The summed E-state index contributed by atoms with van der Waals surface area (Å²) in [5, 5.41) is 0. The molecule has 2 aliphatic heterocycles. The second-order valence-corrected chi connectivity index (χ2v) is 8.10. The summed E-state index contributed by atoms with van der Waals surface area (Å²) in [6, 6.07) is 15.7. The molecule has 1 saturated heterocycles. The molecule has 2 aromatic carbocycles. The summed E-state index contributed by atoms with van der Waals surface area (Å²) in [6.45, 7) is 6.79. The topological polar surface area (TPSA) is 53.1 Å². The standard InChI is InChI=1S/C23H27N3O3/c1-23(2)19-6-4-5-7-20(19)26(22(23)28)16-21(27)25-14-12-24(13-15-25)17-8-10-18(29-3)11-9-17/h4-11H,12-16H2,1-3H3. The minimum Gasteiger partial charge on any atom is -0.497 e. The number of hydrogen-bond acceptors (Lipinski definition) is 4. The second kappa shape index (κ2) is 7.43. The summed E-state index contributed by atoms with van der Waals surface area (Å²) < 4.78 is 5.21. The zero-order valence-electron chi connectivity index (χ0n) is 17.2. The summed E-state index contributed by atoms with van der Waals surface area (Å²) in [5.74, 6) is 0.824. The molecule has 2 aromatic rings. The van der Waals surface area contributed by atoms with Crippen LogP contribution in [0.2, 0.25) is 0 Å². The van der Waals surface area contributed by atoms with E-state index in [0.717, 1.165) is 35.8 Å². The molecular formula is C23H27N3O3. The molecule has 0 N–H and O–H groups in total. The van der Waals surface area contributed by atoms with Gasteiger partial charge in [-0.1, -0.05) is 18.2 Å². The van der Waals surface area contributed by atoms with Gasteiger partial charge in [-0.3, -0.25) is 9.59 Å². The molecule has 0 saturated carbocycles. The van der Waals surface area contributed by atoms with E-state index in [0.29, 0.717) is 13.1 Å². The largest absolute Gasteiger partial charge is 0.497 e. The Morgan fingerprint density at radius 1 is 1.00 bits per heavy atom. The van der Waals surface area contributed by atoms with Crippen molar-refractivity contribution in [1.29, 1.82) is 0 Å². The van der Waals surface area contributed by atoms with Gasteiger partial charge in [0.05, 0.1) is 12.5 Å². The van der Waals surface area contributed by atoms with Crippen LogP contribution in [-0.2, 0) is 15.0 Å². The Morgan fingerprint density at radius 3 is 2.31 bits per heavy atom. The number of carbonyl (C=O) groups excluding carboxylic acids is 2. The molecule has 0 aliphatic carbocycles. The SMILES string of the molecule is COc1ccc(N2CCN(C(=O)CN3C(=O)C(C)(C)c4ccccc43)CC2)cc1. The summed E-state index contributed by atoms with van der Waals surface area (Å²) in [4.78, 5) is 31.6. The van der Waals surface area contributed by atoms with Crippen LogP contribution in [0.5, 0.6) is 5.75 Å². The number of piperazine rings is 1. The molecule has 0 radical (unpaired) electrons. The number of carbonyl (C=O) groups is 2. The van der Waals surface area contributed by atoms with Gasteiger partial charge in [-0.2, -0.15) is 0 Å². The van der Waals surface area contributed by atoms with Crippen LogP contribution in [0.4, 0.5) is 11.4 Å². The Bertz CT molecular complexity index is 915. The predicted octanol–water partition coefficient (Wildman–Crippen LogP) is 2.67. The van der Waals surface area contributed by atoms with E-state index in [9.17, 15) is 9.59 Å². The maximum atomic E-state index is 12.9. The summed E-state index contributed by atoms with van der Waals surface area (Å²) in [5.41, 5.74) is 2.38. The van der Waals surface area contributed by atoms with Crippen molar-refractivity contribution in [3.8, 4) is 5.75 Å². The highest BCUT2D eigenvalue weighted by Gasteiger charge is 2.44. The van der Waals surface area contributed by atoms with Gasteiger partial charge in [-0.05, 0) is 49.7 Å². The predicted molar refractivity (Wildman–Crippen MR) is 114 cm³/mol. The normalized spacial score (nSPS) is 18.0. The van der Waals surface area contributed by atoms with Crippen LogP contribution >= 0.6 is 0 Å². The smallest absolute Gasteiger partial charge is 0.242 e. The Balaban J connectivity index is 1.40. The van der Waals surface area contributed by atoms with E-state index < -0.39 is 5.41 Å². The van der Waals surface area contributed by atoms with Crippen LogP contribution in [0.3, 0.4) is 0 Å². The lowest BCUT2D eigenvalue weighted by molar-refractivity contribution is -0.132. The molecule has 0 bridgehead atoms. The molecule has 2 heterocycles. The van der Waals surface area contributed by atoms with Crippen molar-refractivity contribution >= 4 is 23.2 Å². The van der Waals surface area contributed by atoms with Gasteiger partial charge in [-0.15, -0.1) is 0 Å². The summed E-state index contributed by atoms with van der Waals surface area (Å²) in [6.07, 6.45) is 0. The van der Waals surface area contributed by atoms with Gasteiger partial charge < -0.3 is 19.4 Å². The number of methoxy groups -OCH3 is 1. The number of amides is 2. The minimum absolute atomic E-state index is 0.000217. The van der Waals surface area contributed by atoms with E-state index in [1.165, 1.54) is 0 Å². The van der Waals surface area contributed by atoms with E-state index in [-0.39, 0.29) is 18.4 Å². The van der Waals surface area contributed by atoms with Gasteiger partial charge in [0.1, 0.15) is 12.3 Å². The number of nitrogens with zero attached hydrogens (tertiary/aromatic N) is 3. The van der Waals surface area contributed by atoms with E-state index in [1.807, 2.05) is 67.3 Å². The van der Waals surface area contributed by atoms with Gasteiger partial charge in [0, 0.05) is 37.6 Å².